The molecule has 3 saturated heterocycles. The zero-order valence-corrected chi connectivity index (χ0v) is 13.7. The molecule has 3 amide bonds. The lowest BCUT2D eigenvalue weighted by atomic mass is 9.81. The molecule has 6 nitrogen and oxygen atoms in total. The molecule has 6 heteroatoms. The lowest BCUT2D eigenvalue weighted by Crippen LogP contribution is -2.47. The van der Waals surface area contributed by atoms with E-state index in [0.717, 1.165) is 23.4 Å². The summed E-state index contributed by atoms with van der Waals surface area (Å²) in [6.45, 7) is 4.15. The second-order valence-electron chi connectivity index (χ2n) is 7.07. The number of hydrazine groups is 1. The van der Waals surface area contributed by atoms with Crippen molar-refractivity contribution in [3.8, 4) is 0 Å². The molecule has 0 saturated carbocycles. The van der Waals surface area contributed by atoms with Gasteiger partial charge in [-0.3, -0.25) is 19.8 Å². The maximum atomic E-state index is 12.5. The van der Waals surface area contributed by atoms with Crippen LogP contribution in [-0.4, -0.2) is 34.9 Å². The Morgan fingerprint density at radius 3 is 2.12 bits per heavy atom. The topological polar surface area (TPSA) is 75.7 Å². The van der Waals surface area contributed by atoms with Crippen molar-refractivity contribution in [2.45, 2.75) is 44.8 Å². The van der Waals surface area contributed by atoms with Crippen molar-refractivity contribution in [2.75, 3.05) is 0 Å². The normalized spacial score (nSPS) is 31.0. The lowest BCUT2D eigenvalue weighted by molar-refractivity contribution is -0.145. The first-order valence-electron chi connectivity index (χ1n) is 8.41. The Kier molecular flexibility index (Phi) is 3.46. The summed E-state index contributed by atoms with van der Waals surface area (Å²) in [6, 6.07) is 7.19. The number of hydrogen-bond donors (Lipinski definition) is 1. The van der Waals surface area contributed by atoms with E-state index in [1.165, 1.54) is 0 Å². The minimum atomic E-state index is -0.444. The summed E-state index contributed by atoms with van der Waals surface area (Å²) in [6.07, 6.45) is 1.26. The van der Waals surface area contributed by atoms with Gasteiger partial charge in [0.15, 0.2) is 0 Å². The Morgan fingerprint density at radius 1 is 1.08 bits per heavy atom. The van der Waals surface area contributed by atoms with Crippen LogP contribution in [0.15, 0.2) is 24.3 Å². The van der Waals surface area contributed by atoms with Gasteiger partial charge in [0.05, 0.1) is 24.0 Å². The van der Waals surface area contributed by atoms with E-state index in [-0.39, 0.29) is 24.0 Å². The Labute approximate surface area is 140 Å². The van der Waals surface area contributed by atoms with Gasteiger partial charge in [-0.05, 0) is 36.5 Å². The molecule has 3 fully saturated rings. The maximum Gasteiger partial charge on any atom is 0.270 e. The van der Waals surface area contributed by atoms with E-state index >= 15 is 0 Å². The average molecular weight is 328 g/mol. The van der Waals surface area contributed by atoms with E-state index < -0.39 is 17.7 Å². The largest absolute Gasteiger partial charge is 0.373 e. The van der Waals surface area contributed by atoms with Crippen LogP contribution < -0.4 is 5.43 Å². The van der Waals surface area contributed by atoms with Crippen LogP contribution in [0.1, 0.15) is 48.5 Å². The van der Waals surface area contributed by atoms with Crippen LogP contribution in [0.5, 0.6) is 0 Å². The number of imide groups is 1. The first-order chi connectivity index (χ1) is 11.5. The molecule has 0 aromatic heterocycles. The number of nitrogens with one attached hydrogen (secondary N) is 1. The molecule has 4 atom stereocenters. The average Bonchev–Trinajstić information content (AvgIpc) is 3.24. The number of benzene rings is 1. The first kappa shape index (κ1) is 15.3. The van der Waals surface area contributed by atoms with Gasteiger partial charge < -0.3 is 4.74 Å². The molecule has 2 bridgehead atoms. The van der Waals surface area contributed by atoms with Crippen molar-refractivity contribution in [1.29, 1.82) is 0 Å². The van der Waals surface area contributed by atoms with Crippen molar-refractivity contribution in [3.05, 3.63) is 35.4 Å². The zero-order valence-electron chi connectivity index (χ0n) is 13.7. The van der Waals surface area contributed by atoms with Gasteiger partial charge in [0.2, 0.25) is 0 Å². The second kappa shape index (κ2) is 5.41. The molecule has 3 heterocycles. The fourth-order valence-corrected chi connectivity index (χ4v) is 4.01. The number of carbonyl (C=O) groups is 3. The number of hydrogen-bond acceptors (Lipinski definition) is 4. The number of fused-ring (bicyclic) bond motifs is 5. The molecular weight excluding hydrogens is 308 g/mol. The van der Waals surface area contributed by atoms with Crippen molar-refractivity contribution in [1.82, 2.24) is 10.4 Å². The van der Waals surface area contributed by atoms with Crippen molar-refractivity contribution < 1.29 is 19.1 Å². The number of carbonyl (C=O) groups excluding carboxylic acids is 3. The summed E-state index contributed by atoms with van der Waals surface area (Å²) >= 11 is 0. The molecule has 0 aliphatic carbocycles. The summed E-state index contributed by atoms with van der Waals surface area (Å²) in [5.41, 5.74) is 4.04. The quantitative estimate of drug-likeness (QED) is 0.856. The molecule has 3 aliphatic heterocycles. The van der Waals surface area contributed by atoms with E-state index in [2.05, 4.69) is 19.3 Å². The lowest BCUT2D eigenvalue weighted by Gasteiger charge is -2.18. The van der Waals surface area contributed by atoms with Crippen LogP contribution in [0.2, 0.25) is 0 Å². The van der Waals surface area contributed by atoms with E-state index in [0.29, 0.717) is 11.5 Å². The molecule has 1 aromatic carbocycles. The fraction of sp³-hybridized carbons (Fsp3) is 0.500. The van der Waals surface area contributed by atoms with E-state index in [4.69, 9.17) is 4.74 Å². The van der Waals surface area contributed by atoms with Crippen LogP contribution in [0, 0.1) is 11.8 Å². The standard InChI is InChI=1S/C18H20N2O4/c1-9(2)10-3-5-11(6-4-10)16(21)19-20-17(22)14-12-7-8-13(24-12)15(14)18(20)23/h3-6,9,12-15H,7-8H2,1-2H3,(H,19,21)/t12-,13-,14-,15+/m0/s1. The molecule has 1 N–H and O–H groups in total. The summed E-state index contributed by atoms with van der Waals surface area (Å²) in [4.78, 5) is 37.4. The van der Waals surface area contributed by atoms with Gasteiger partial charge in [-0.1, -0.05) is 26.0 Å². The van der Waals surface area contributed by atoms with Gasteiger partial charge in [0.25, 0.3) is 17.7 Å². The van der Waals surface area contributed by atoms with Crippen molar-refractivity contribution in [2.24, 2.45) is 11.8 Å². The molecule has 126 valence electrons. The Morgan fingerprint density at radius 2 is 1.62 bits per heavy atom. The number of rotatable bonds is 3. The van der Waals surface area contributed by atoms with Crippen molar-refractivity contribution in [3.63, 3.8) is 0 Å². The van der Waals surface area contributed by atoms with Crippen LogP contribution in [0.25, 0.3) is 0 Å². The minimum Gasteiger partial charge on any atom is -0.373 e. The molecule has 3 aliphatic rings. The number of ether oxygens (including phenoxy) is 1. The highest BCUT2D eigenvalue weighted by Gasteiger charge is 2.62. The van der Waals surface area contributed by atoms with Crippen LogP contribution >= 0.6 is 0 Å². The second-order valence-corrected chi connectivity index (χ2v) is 7.07. The predicted octanol–water partition coefficient (Wildman–Crippen LogP) is 1.62. The maximum absolute atomic E-state index is 12.5. The summed E-state index contributed by atoms with van der Waals surface area (Å²) in [5, 5.41) is 0.905. The highest BCUT2D eigenvalue weighted by Crippen LogP contribution is 2.48. The summed E-state index contributed by atoms with van der Waals surface area (Å²) in [5.74, 6) is -1.62. The highest BCUT2D eigenvalue weighted by atomic mass is 16.5. The van der Waals surface area contributed by atoms with Crippen LogP contribution in [-0.2, 0) is 14.3 Å². The molecule has 0 unspecified atom stereocenters. The van der Waals surface area contributed by atoms with Crippen LogP contribution in [0.3, 0.4) is 0 Å². The smallest absolute Gasteiger partial charge is 0.270 e. The van der Waals surface area contributed by atoms with E-state index in [1.54, 1.807) is 12.1 Å². The predicted molar refractivity (Wildman–Crippen MR) is 84.7 cm³/mol. The molecule has 0 radical (unpaired) electrons. The summed E-state index contributed by atoms with van der Waals surface area (Å²) < 4.78 is 5.67. The molecule has 0 spiro atoms. The Hall–Kier alpha value is -2.21. The third kappa shape index (κ3) is 2.17. The minimum absolute atomic E-state index is 0.177. The molecule has 4 rings (SSSR count). The van der Waals surface area contributed by atoms with Gasteiger partial charge in [-0.2, -0.15) is 5.01 Å². The van der Waals surface area contributed by atoms with Gasteiger partial charge >= 0.3 is 0 Å². The third-order valence-electron chi connectivity index (χ3n) is 5.34. The number of nitrogens with zero attached hydrogens (tertiary/aromatic N) is 1. The summed E-state index contributed by atoms with van der Waals surface area (Å²) in [7, 11) is 0. The van der Waals surface area contributed by atoms with Gasteiger partial charge in [0.1, 0.15) is 0 Å². The van der Waals surface area contributed by atoms with Gasteiger partial charge in [-0.25, -0.2) is 0 Å². The number of amides is 3. The third-order valence-corrected chi connectivity index (χ3v) is 5.34. The first-order valence-corrected chi connectivity index (χ1v) is 8.41. The van der Waals surface area contributed by atoms with Gasteiger partial charge in [-0.15, -0.1) is 0 Å². The van der Waals surface area contributed by atoms with Crippen LogP contribution in [0.4, 0.5) is 0 Å². The van der Waals surface area contributed by atoms with Gasteiger partial charge in [0, 0.05) is 5.56 Å². The monoisotopic (exact) mass is 328 g/mol. The van der Waals surface area contributed by atoms with E-state index in [1.807, 2.05) is 12.1 Å². The zero-order chi connectivity index (χ0) is 17.0. The highest BCUT2D eigenvalue weighted by molar-refractivity contribution is 6.08. The Balaban J connectivity index is 1.50. The molecular formula is C18H20N2O4. The molecule has 24 heavy (non-hydrogen) atoms. The Bertz CT molecular complexity index is 684. The van der Waals surface area contributed by atoms with Crippen molar-refractivity contribution >= 4 is 17.7 Å². The fourth-order valence-electron chi connectivity index (χ4n) is 4.01. The van der Waals surface area contributed by atoms with E-state index in [9.17, 15) is 14.4 Å². The SMILES string of the molecule is CC(C)c1ccc(C(=O)NN2C(=O)[C@@H]3[C@H](C2=O)[C@@H]2CC[C@@H]3O2)cc1. The molecule has 1 aromatic rings.